The Balaban J connectivity index is 2.05. The summed E-state index contributed by atoms with van der Waals surface area (Å²) in [5, 5.41) is 3.30. The molecule has 0 spiro atoms. The number of hydrogen-bond donors (Lipinski definition) is 1. The fourth-order valence-corrected chi connectivity index (χ4v) is 2.73. The van der Waals surface area contributed by atoms with Crippen molar-refractivity contribution in [1.29, 1.82) is 0 Å². The highest BCUT2D eigenvalue weighted by Gasteiger charge is 2.34. The number of piperidine rings is 1. The molecule has 1 N–H and O–H groups in total. The van der Waals surface area contributed by atoms with Crippen LogP contribution in [0.5, 0.6) is 0 Å². The molecule has 2 heteroatoms. The van der Waals surface area contributed by atoms with Crippen LogP contribution >= 0.6 is 0 Å². The van der Waals surface area contributed by atoms with Gasteiger partial charge in [-0.15, -0.1) is 0 Å². The first-order valence-corrected chi connectivity index (χ1v) is 6.53. The Labute approximate surface area is 103 Å². The highest BCUT2D eigenvalue weighted by molar-refractivity contribution is 5.23. The lowest BCUT2D eigenvalue weighted by molar-refractivity contribution is 0.0833. The van der Waals surface area contributed by atoms with E-state index in [4.69, 9.17) is 0 Å². The van der Waals surface area contributed by atoms with E-state index in [9.17, 15) is 4.39 Å². The molecule has 0 aliphatic carbocycles. The molecule has 1 aliphatic heterocycles. The molecule has 2 rings (SSSR count). The predicted molar refractivity (Wildman–Crippen MR) is 70.0 cm³/mol. The van der Waals surface area contributed by atoms with Gasteiger partial charge in [-0.05, 0) is 38.8 Å². The number of alkyl halides is 1. The normalized spacial score (nSPS) is 24.3. The van der Waals surface area contributed by atoms with Crippen LogP contribution in [0.25, 0.3) is 0 Å². The minimum atomic E-state index is -1.10. The minimum Gasteiger partial charge on any atom is -0.316 e. The first kappa shape index (κ1) is 12.6. The van der Waals surface area contributed by atoms with E-state index in [1.807, 2.05) is 12.1 Å². The molecule has 0 bridgehead atoms. The lowest BCUT2D eigenvalue weighted by Crippen LogP contribution is -2.42. The minimum absolute atomic E-state index is 0.150. The quantitative estimate of drug-likeness (QED) is 0.848. The van der Waals surface area contributed by atoms with Crippen LogP contribution < -0.4 is 5.32 Å². The van der Waals surface area contributed by atoms with Gasteiger partial charge in [0.25, 0.3) is 0 Å². The van der Waals surface area contributed by atoms with Gasteiger partial charge in [0.1, 0.15) is 5.67 Å². The second-order valence-corrected chi connectivity index (χ2v) is 5.49. The van der Waals surface area contributed by atoms with Crippen molar-refractivity contribution in [3.05, 3.63) is 35.4 Å². The van der Waals surface area contributed by atoms with Crippen LogP contribution in [-0.4, -0.2) is 18.8 Å². The van der Waals surface area contributed by atoms with Crippen LogP contribution in [0.3, 0.4) is 0 Å². The lowest BCUT2D eigenvalue weighted by atomic mass is 9.81. The van der Waals surface area contributed by atoms with E-state index in [-0.39, 0.29) is 5.92 Å². The van der Waals surface area contributed by atoms with E-state index < -0.39 is 5.67 Å². The van der Waals surface area contributed by atoms with Crippen LogP contribution in [0, 0.1) is 12.8 Å². The third-order valence-corrected chi connectivity index (χ3v) is 3.78. The fourth-order valence-electron chi connectivity index (χ4n) is 2.73. The highest BCUT2D eigenvalue weighted by Crippen LogP contribution is 2.31. The fraction of sp³-hybridized carbons (Fsp3) is 0.600. The summed E-state index contributed by atoms with van der Waals surface area (Å²) in [5.41, 5.74) is 1.22. The van der Waals surface area contributed by atoms with Gasteiger partial charge < -0.3 is 5.32 Å². The van der Waals surface area contributed by atoms with Crippen LogP contribution in [0.2, 0.25) is 0 Å². The van der Waals surface area contributed by atoms with Crippen molar-refractivity contribution >= 4 is 0 Å². The van der Waals surface area contributed by atoms with Crippen molar-refractivity contribution in [2.75, 3.05) is 13.1 Å². The summed E-state index contributed by atoms with van der Waals surface area (Å²) in [5.74, 6) is 0.150. The Morgan fingerprint density at radius 2 is 2.29 bits per heavy atom. The number of nitrogens with one attached hydrogen (secondary N) is 1. The summed E-state index contributed by atoms with van der Waals surface area (Å²) < 4.78 is 14.8. The molecule has 1 nitrogen and oxygen atoms in total. The van der Waals surface area contributed by atoms with E-state index in [0.717, 1.165) is 31.5 Å². The van der Waals surface area contributed by atoms with Gasteiger partial charge in [0.05, 0.1) is 0 Å². The van der Waals surface area contributed by atoms with Crippen molar-refractivity contribution in [2.45, 2.75) is 38.8 Å². The number of rotatable bonds is 3. The Hall–Kier alpha value is -0.890. The van der Waals surface area contributed by atoms with Gasteiger partial charge in [-0.25, -0.2) is 4.39 Å². The standard InChI is InChI=1S/C15H22FN/c1-12-5-3-6-13(9-12)10-15(2,16)14-7-4-8-17-11-14/h3,5-6,9,14,17H,4,7-8,10-11H2,1-2H3. The molecular formula is C15H22FN. The zero-order valence-corrected chi connectivity index (χ0v) is 10.8. The maximum atomic E-state index is 14.8. The molecule has 17 heavy (non-hydrogen) atoms. The van der Waals surface area contributed by atoms with Gasteiger partial charge in [-0.2, -0.15) is 0 Å². The molecule has 2 atom stereocenters. The molecule has 1 aliphatic rings. The summed E-state index contributed by atoms with van der Waals surface area (Å²) in [6.07, 6.45) is 2.63. The smallest absolute Gasteiger partial charge is 0.116 e. The van der Waals surface area contributed by atoms with Gasteiger partial charge in [-0.1, -0.05) is 29.8 Å². The Morgan fingerprint density at radius 1 is 1.47 bits per heavy atom. The molecule has 0 amide bonds. The van der Waals surface area contributed by atoms with Crippen molar-refractivity contribution in [3.63, 3.8) is 0 Å². The van der Waals surface area contributed by atoms with E-state index in [1.54, 1.807) is 6.92 Å². The van der Waals surface area contributed by atoms with E-state index in [2.05, 4.69) is 24.4 Å². The third kappa shape index (κ3) is 3.29. The molecule has 0 radical (unpaired) electrons. The summed E-state index contributed by atoms with van der Waals surface area (Å²) in [6.45, 7) is 5.67. The van der Waals surface area contributed by atoms with Gasteiger partial charge >= 0.3 is 0 Å². The topological polar surface area (TPSA) is 12.0 Å². The van der Waals surface area contributed by atoms with Crippen LogP contribution in [-0.2, 0) is 6.42 Å². The molecule has 1 aromatic rings. The monoisotopic (exact) mass is 235 g/mol. The van der Waals surface area contributed by atoms with Gasteiger partial charge in [-0.3, -0.25) is 0 Å². The molecule has 1 heterocycles. The molecule has 1 saturated heterocycles. The second kappa shape index (κ2) is 5.18. The molecular weight excluding hydrogens is 213 g/mol. The van der Waals surface area contributed by atoms with Gasteiger partial charge in [0.2, 0.25) is 0 Å². The van der Waals surface area contributed by atoms with Crippen LogP contribution in [0.1, 0.15) is 30.9 Å². The number of benzene rings is 1. The molecule has 94 valence electrons. The molecule has 0 aromatic heterocycles. The SMILES string of the molecule is Cc1cccc(CC(C)(F)C2CCCNC2)c1. The highest BCUT2D eigenvalue weighted by atomic mass is 19.1. The Kier molecular flexibility index (Phi) is 3.82. The maximum Gasteiger partial charge on any atom is 0.116 e. The van der Waals surface area contributed by atoms with Crippen molar-refractivity contribution < 1.29 is 4.39 Å². The van der Waals surface area contributed by atoms with E-state index >= 15 is 0 Å². The van der Waals surface area contributed by atoms with E-state index in [1.165, 1.54) is 5.56 Å². The molecule has 1 fully saturated rings. The number of hydrogen-bond acceptors (Lipinski definition) is 1. The Morgan fingerprint density at radius 3 is 2.94 bits per heavy atom. The molecule has 1 aromatic carbocycles. The average Bonchev–Trinajstić information content (AvgIpc) is 2.29. The number of halogens is 1. The Bertz CT molecular complexity index is 367. The first-order valence-electron chi connectivity index (χ1n) is 6.53. The summed E-state index contributed by atoms with van der Waals surface area (Å²) >= 11 is 0. The zero-order chi connectivity index (χ0) is 12.3. The van der Waals surface area contributed by atoms with E-state index in [0.29, 0.717) is 6.42 Å². The first-order chi connectivity index (χ1) is 8.08. The lowest BCUT2D eigenvalue weighted by Gasteiger charge is -2.34. The molecule has 0 saturated carbocycles. The van der Waals surface area contributed by atoms with Crippen LogP contribution in [0.15, 0.2) is 24.3 Å². The predicted octanol–water partition coefficient (Wildman–Crippen LogP) is 3.27. The van der Waals surface area contributed by atoms with Crippen molar-refractivity contribution in [3.8, 4) is 0 Å². The molecule has 2 unspecified atom stereocenters. The maximum absolute atomic E-state index is 14.8. The largest absolute Gasteiger partial charge is 0.316 e. The van der Waals surface area contributed by atoms with Crippen molar-refractivity contribution in [2.24, 2.45) is 5.92 Å². The van der Waals surface area contributed by atoms with Gasteiger partial charge in [0, 0.05) is 18.9 Å². The summed E-state index contributed by atoms with van der Waals surface area (Å²) in [6, 6.07) is 8.19. The van der Waals surface area contributed by atoms with Gasteiger partial charge in [0.15, 0.2) is 0 Å². The number of aryl methyl sites for hydroxylation is 1. The average molecular weight is 235 g/mol. The third-order valence-electron chi connectivity index (χ3n) is 3.78. The zero-order valence-electron chi connectivity index (χ0n) is 10.8. The summed E-state index contributed by atoms with van der Waals surface area (Å²) in [7, 11) is 0. The summed E-state index contributed by atoms with van der Waals surface area (Å²) in [4.78, 5) is 0. The second-order valence-electron chi connectivity index (χ2n) is 5.49. The van der Waals surface area contributed by atoms with Crippen molar-refractivity contribution in [1.82, 2.24) is 5.32 Å². The van der Waals surface area contributed by atoms with Crippen LogP contribution in [0.4, 0.5) is 4.39 Å².